The molecular formula is C6H7NO4. The van der Waals surface area contributed by atoms with Gasteiger partial charge in [0.25, 0.3) is 0 Å². The molecule has 0 aromatic heterocycles. The highest BCUT2D eigenvalue weighted by atomic mass is 16.4. The van der Waals surface area contributed by atoms with Crippen molar-refractivity contribution >= 4 is 11.8 Å². The maximum absolute atomic E-state index is 10.7. The zero-order valence-electron chi connectivity index (χ0n) is 5.65. The van der Waals surface area contributed by atoms with E-state index in [0.29, 0.717) is 0 Å². The molecular weight excluding hydrogens is 150 g/mol. The normalized spacial score (nSPS) is 11.6. The maximum atomic E-state index is 10.7. The molecule has 0 saturated heterocycles. The van der Waals surface area contributed by atoms with Gasteiger partial charge in [-0.05, 0) is 0 Å². The number of ketones is 1. The van der Waals surface area contributed by atoms with Gasteiger partial charge in [0, 0.05) is 0 Å². The summed E-state index contributed by atoms with van der Waals surface area (Å²) in [5.41, 5.74) is 0. The van der Waals surface area contributed by atoms with Crippen LogP contribution in [-0.4, -0.2) is 28.6 Å². The van der Waals surface area contributed by atoms with E-state index in [2.05, 4.69) is 0 Å². The van der Waals surface area contributed by atoms with Crippen LogP contribution >= 0.6 is 0 Å². The number of hydrogen-bond donors (Lipinski definition) is 2. The largest absolute Gasteiger partial charge is 0.481 e. The molecule has 0 fully saturated rings. The number of nitrogens with zero attached hydrogens (tertiary/aromatic N) is 1. The minimum absolute atomic E-state index is 0.622. The van der Waals surface area contributed by atoms with E-state index >= 15 is 0 Å². The lowest BCUT2D eigenvalue weighted by molar-refractivity contribution is -0.140. The first-order valence-electron chi connectivity index (χ1n) is 2.86. The van der Waals surface area contributed by atoms with Crippen LogP contribution < -0.4 is 0 Å². The van der Waals surface area contributed by atoms with Gasteiger partial charge in [0.2, 0.25) is 0 Å². The number of aliphatic hydroxyl groups excluding tert-OH is 1. The molecule has 0 aromatic rings. The molecule has 5 heteroatoms. The number of rotatable bonds is 4. The van der Waals surface area contributed by atoms with Crippen LogP contribution in [0, 0.1) is 17.2 Å². The third-order valence-electron chi connectivity index (χ3n) is 1.05. The van der Waals surface area contributed by atoms with Gasteiger partial charge in [0.1, 0.15) is 12.3 Å². The van der Waals surface area contributed by atoms with E-state index < -0.39 is 30.7 Å². The molecule has 0 amide bonds. The van der Waals surface area contributed by atoms with Crippen molar-refractivity contribution in [1.82, 2.24) is 0 Å². The molecule has 0 spiro atoms. The Morgan fingerprint density at radius 1 is 1.55 bits per heavy atom. The molecule has 0 rings (SSSR count). The van der Waals surface area contributed by atoms with Crippen LogP contribution in [0.2, 0.25) is 0 Å². The summed E-state index contributed by atoms with van der Waals surface area (Å²) in [5.74, 6) is -3.25. The van der Waals surface area contributed by atoms with Gasteiger partial charge in [-0.15, -0.1) is 0 Å². The average molecular weight is 157 g/mol. The molecule has 0 radical (unpaired) electrons. The molecule has 2 N–H and O–H groups in total. The number of hydrogen-bond acceptors (Lipinski definition) is 4. The van der Waals surface area contributed by atoms with E-state index in [0.717, 1.165) is 0 Å². The Balaban J connectivity index is 4.03. The number of carboxylic acid groups (broad SMARTS) is 1. The Morgan fingerprint density at radius 2 is 2.09 bits per heavy atom. The predicted octanol–water partition coefficient (Wildman–Crippen LogP) is -0.838. The highest BCUT2D eigenvalue weighted by Crippen LogP contribution is 1.98. The maximum Gasteiger partial charge on any atom is 0.310 e. The third-order valence-corrected chi connectivity index (χ3v) is 1.05. The molecule has 11 heavy (non-hydrogen) atoms. The lowest BCUT2D eigenvalue weighted by atomic mass is 10.1. The van der Waals surface area contributed by atoms with E-state index in [-0.39, 0.29) is 0 Å². The standard InChI is InChI=1S/C6H7NO4/c7-2-4(3-8)5(9)1-6(10)11/h4,8H,1,3H2,(H,10,11). The molecule has 1 atom stereocenters. The highest BCUT2D eigenvalue weighted by Gasteiger charge is 2.18. The summed E-state index contributed by atoms with van der Waals surface area (Å²) in [7, 11) is 0. The minimum Gasteiger partial charge on any atom is -0.481 e. The summed E-state index contributed by atoms with van der Waals surface area (Å²) in [5, 5.41) is 24.7. The van der Waals surface area contributed by atoms with Crippen molar-refractivity contribution in [2.24, 2.45) is 5.92 Å². The SMILES string of the molecule is N#CC(CO)C(=O)CC(=O)O. The van der Waals surface area contributed by atoms with Crippen LogP contribution in [0.15, 0.2) is 0 Å². The van der Waals surface area contributed by atoms with Crippen molar-refractivity contribution in [2.75, 3.05) is 6.61 Å². The molecule has 0 aliphatic rings. The van der Waals surface area contributed by atoms with E-state index in [1.165, 1.54) is 6.07 Å². The van der Waals surface area contributed by atoms with Gasteiger partial charge in [0.15, 0.2) is 5.78 Å². The Kier molecular flexibility index (Phi) is 3.85. The molecule has 0 saturated carbocycles. The topological polar surface area (TPSA) is 98.4 Å². The van der Waals surface area contributed by atoms with Crippen molar-refractivity contribution in [3.05, 3.63) is 0 Å². The van der Waals surface area contributed by atoms with Gasteiger partial charge in [-0.1, -0.05) is 0 Å². The van der Waals surface area contributed by atoms with Gasteiger partial charge in [0.05, 0.1) is 12.7 Å². The summed E-state index contributed by atoms with van der Waals surface area (Å²) in [4.78, 5) is 20.6. The number of nitriles is 1. The quantitative estimate of drug-likeness (QED) is 0.518. The second-order valence-electron chi connectivity index (χ2n) is 1.90. The van der Waals surface area contributed by atoms with Crippen LogP contribution in [-0.2, 0) is 9.59 Å². The monoisotopic (exact) mass is 157 g/mol. The fourth-order valence-electron chi connectivity index (χ4n) is 0.487. The molecule has 60 valence electrons. The van der Waals surface area contributed by atoms with Crippen LogP contribution in [0.1, 0.15) is 6.42 Å². The number of aliphatic hydroxyl groups is 1. The molecule has 0 aliphatic carbocycles. The molecule has 0 heterocycles. The Morgan fingerprint density at radius 3 is 2.36 bits per heavy atom. The summed E-state index contributed by atoms with van der Waals surface area (Å²) < 4.78 is 0. The van der Waals surface area contributed by atoms with Crippen molar-refractivity contribution in [3.63, 3.8) is 0 Å². The number of carbonyl (C=O) groups excluding carboxylic acids is 1. The lowest BCUT2D eigenvalue weighted by Crippen LogP contribution is -2.19. The smallest absolute Gasteiger partial charge is 0.310 e. The number of aliphatic carboxylic acids is 1. The van der Waals surface area contributed by atoms with Gasteiger partial charge in [-0.3, -0.25) is 9.59 Å². The molecule has 0 aromatic carbocycles. The Bertz CT molecular complexity index is 205. The van der Waals surface area contributed by atoms with Crippen molar-refractivity contribution < 1.29 is 19.8 Å². The lowest BCUT2D eigenvalue weighted by Gasteiger charge is -1.99. The number of carbonyl (C=O) groups is 2. The molecule has 1 unspecified atom stereocenters. The van der Waals surface area contributed by atoms with Crippen LogP contribution in [0.4, 0.5) is 0 Å². The molecule has 5 nitrogen and oxygen atoms in total. The van der Waals surface area contributed by atoms with Crippen LogP contribution in [0.3, 0.4) is 0 Å². The molecule has 0 aliphatic heterocycles. The van der Waals surface area contributed by atoms with Crippen molar-refractivity contribution in [3.8, 4) is 6.07 Å². The zero-order valence-corrected chi connectivity index (χ0v) is 5.65. The summed E-state index contributed by atoms with van der Waals surface area (Å²) in [6.07, 6.45) is -0.710. The highest BCUT2D eigenvalue weighted by molar-refractivity contribution is 5.97. The van der Waals surface area contributed by atoms with Gasteiger partial charge < -0.3 is 10.2 Å². The van der Waals surface area contributed by atoms with Gasteiger partial charge in [-0.2, -0.15) is 5.26 Å². The molecule has 0 bridgehead atoms. The predicted molar refractivity (Wildman–Crippen MR) is 33.4 cm³/mol. The fraction of sp³-hybridized carbons (Fsp3) is 0.500. The van der Waals surface area contributed by atoms with Crippen molar-refractivity contribution in [2.45, 2.75) is 6.42 Å². The zero-order chi connectivity index (χ0) is 8.85. The summed E-state index contributed by atoms with van der Waals surface area (Å²) >= 11 is 0. The second kappa shape index (κ2) is 4.41. The number of carboxylic acids is 1. The van der Waals surface area contributed by atoms with E-state index in [1.807, 2.05) is 0 Å². The van der Waals surface area contributed by atoms with Gasteiger partial charge >= 0.3 is 5.97 Å². The first kappa shape index (κ1) is 9.59. The fourth-order valence-corrected chi connectivity index (χ4v) is 0.487. The Labute approximate surface area is 62.9 Å². The van der Waals surface area contributed by atoms with Crippen LogP contribution in [0.25, 0.3) is 0 Å². The summed E-state index contributed by atoms with van der Waals surface area (Å²) in [6, 6.07) is 1.49. The van der Waals surface area contributed by atoms with E-state index in [1.54, 1.807) is 0 Å². The van der Waals surface area contributed by atoms with Crippen LogP contribution in [0.5, 0.6) is 0 Å². The second-order valence-corrected chi connectivity index (χ2v) is 1.90. The van der Waals surface area contributed by atoms with Gasteiger partial charge in [-0.25, -0.2) is 0 Å². The number of Topliss-reactive ketones (excluding diaryl/α,β-unsaturated/α-hetero) is 1. The van der Waals surface area contributed by atoms with Crippen molar-refractivity contribution in [1.29, 1.82) is 5.26 Å². The Hall–Kier alpha value is -1.41. The summed E-state index contributed by atoms with van der Waals surface area (Å²) in [6.45, 7) is -0.622. The van der Waals surface area contributed by atoms with E-state index in [9.17, 15) is 9.59 Å². The average Bonchev–Trinajstić information content (AvgIpc) is 1.88. The first-order valence-corrected chi connectivity index (χ1v) is 2.86. The minimum atomic E-state index is -1.29. The first-order chi connectivity index (χ1) is 5.11. The van der Waals surface area contributed by atoms with E-state index in [4.69, 9.17) is 15.5 Å². The third kappa shape index (κ3) is 3.33.